The minimum absolute atomic E-state index is 0.514. The summed E-state index contributed by atoms with van der Waals surface area (Å²) in [6.45, 7) is 4.90. The highest BCUT2D eigenvalue weighted by Gasteiger charge is 2.10. The van der Waals surface area contributed by atoms with Crippen LogP contribution >= 0.6 is 0 Å². The molecule has 2 nitrogen and oxygen atoms in total. The predicted molar refractivity (Wildman–Crippen MR) is 129 cm³/mol. The van der Waals surface area contributed by atoms with Gasteiger partial charge in [-0.05, 0) is 62.4 Å². The summed E-state index contributed by atoms with van der Waals surface area (Å²) in [7, 11) is 0. The van der Waals surface area contributed by atoms with Crippen LogP contribution in [0, 0.1) is 48.4 Å². The molecule has 0 saturated carbocycles. The van der Waals surface area contributed by atoms with E-state index in [9.17, 15) is 0 Å². The van der Waals surface area contributed by atoms with E-state index < -0.39 is 0 Å². The Hall–Kier alpha value is -4.50. The highest BCUT2D eigenvalue weighted by atomic mass is 16.5. The Morgan fingerprint density at radius 1 is 0.562 bits per heavy atom. The summed E-state index contributed by atoms with van der Waals surface area (Å²) in [5.41, 5.74) is 4.84. The van der Waals surface area contributed by atoms with Crippen molar-refractivity contribution in [3.05, 3.63) is 94.0 Å². The Morgan fingerprint density at radius 3 is 1.22 bits per heavy atom. The van der Waals surface area contributed by atoms with E-state index in [2.05, 4.69) is 35.5 Å². The van der Waals surface area contributed by atoms with Crippen LogP contribution in [-0.4, -0.2) is 13.2 Å². The SMILES string of the molecule is C#Cc1ccc(C#Cc2cc(OCC)c(C#Cc3ccc(C#C)cc3)cc2OCC)cc1. The number of hydrogen-bond donors (Lipinski definition) is 0. The van der Waals surface area contributed by atoms with Gasteiger partial charge in [-0.15, -0.1) is 12.8 Å². The Labute approximate surface area is 190 Å². The second kappa shape index (κ2) is 11.0. The minimum Gasteiger partial charge on any atom is -0.493 e. The first-order chi connectivity index (χ1) is 15.7. The normalized spacial score (nSPS) is 9.25. The van der Waals surface area contributed by atoms with Crippen LogP contribution in [0.2, 0.25) is 0 Å². The lowest BCUT2D eigenvalue weighted by atomic mass is 10.1. The van der Waals surface area contributed by atoms with Gasteiger partial charge in [-0.25, -0.2) is 0 Å². The monoisotopic (exact) mass is 414 g/mol. The Balaban J connectivity index is 2.00. The molecule has 0 spiro atoms. The number of benzene rings is 3. The van der Waals surface area contributed by atoms with Gasteiger partial charge in [0.25, 0.3) is 0 Å². The Morgan fingerprint density at radius 2 is 0.906 bits per heavy atom. The van der Waals surface area contributed by atoms with Gasteiger partial charge in [0.15, 0.2) is 0 Å². The predicted octanol–water partition coefficient (Wildman–Crippen LogP) is 5.25. The van der Waals surface area contributed by atoms with Gasteiger partial charge in [0.05, 0.1) is 24.3 Å². The summed E-state index contributed by atoms with van der Waals surface area (Å²) >= 11 is 0. The van der Waals surface area contributed by atoms with Gasteiger partial charge in [-0.1, -0.05) is 35.5 Å². The first-order valence-corrected chi connectivity index (χ1v) is 10.3. The smallest absolute Gasteiger partial charge is 0.136 e. The van der Waals surface area contributed by atoms with Gasteiger partial charge in [-0.3, -0.25) is 0 Å². The number of rotatable bonds is 4. The number of terminal acetylenes is 2. The molecule has 0 amide bonds. The molecule has 0 radical (unpaired) electrons. The maximum atomic E-state index is 5.84. The number of ether oxygens (including phenoxy) is 2. The fourth-order valence-corrected chi connectivity index (χ4v) is 2.88. The van der Waals surface area contributed by atoms with E-state index in [1.165, 1.54) is 0 Å². The molecule has 3 aromatic carbocycles. The quantitative estimate of drug-likeness (QED) is 0.543. The molecule has 0 aliphatic rings. The van der Waals surface area contributed by atoms with Crippen molar-refractivity contribution in [3.63, 3.8) is 0 Å². The average Bonchev–Trinajstić information content (AvgIpc) is 2.83. The summed E-state index contributed by atoms with van der Waals surface area (Å²) < 4.78 is 11.7. The molecule has 0 aromatic heterocycles. The van der Waals surface area contributed by atoms with Crippen LogP contribution in [0.25, 0.3) is 0 Å². The van der Waals surface area contributed by atoms with E-state index >= 15 is 0 Å². The van der Waals surface area contributed by atoms with Gasteiger partial charge in [0, 0.05) is 34.4 Å². The van der Waals surface area contributed by atoms with Crippen molar-refractivity contribution >= 4 is 0 Å². The molecule has 0 atom stereocenters. The van der Waals surface area contributed by atoms with Crippen molar-refractivity contribution < 1.29 is 9.47 Å². The standard InChI is InChI=1S/C30H22O2/c1-5-23-9-13-25(14-10-23)17-19-27-21-30(32-8-4)28(22-29(27)31-7-3)20-18-26-15-11-24(6-2)12-16-26/h1-2,9-16,21-22H,7-8H2,3-4H3. The molecular formula is C30H22O2. The van der Waals surface area contributed by atoms with Crippen LogP contribution in [-0.2, 0) is 0 Å². The van der Waals surface area contributed by atoms with Crippen LogP contribution < -0.4 is 9.47 Å². The zero-order valence-electron chi connectivity index (χ0n) is 18.2. The van der Waals surface area contributed by atoms with Gasteiger partial charge in [0.2, 0.25) is 0 Å². The van der Waals surface area contributed by atoms with Crippen LogP contribution in [0.4, 0.5) is 0 Å². The highest BCUT2D eigenvalue weighted by Crippen LogP contribution is 2.28. The Kier molecular flexibility index (Phi) is 7.66. The maximum Gasteiger partial charge on any atom is 0.136 e. The molecule has 0 aliphatic heterocycles. The van der Waals surface area contributed by atoms with Crippen LogP contribution in [0.5, 0.6) is 11.5 Å². The lowest BCUT2D eigenvalue weighted by Gasteiger charge is -2.11. The van der Waals surface area contributed by atoms with Crippen molar-refractivity contribution in [2.45, 2.75) is 13.8 Å². The second-order valence-electron chi connectivity index (χ2n) is 6.65. The third-order valence-electron chi connectivity index (χ3n) is 4.47. The van der Waals surface area contributed by atoms with Crippen molar-refractivity contribution in [1.82, 2.24) is 0 Å². The van der Waals surface area contributed by atoms with Gasteiger partial charge in [-0.2, -0.15) is 0 Å². The molecule has 3 aromatic rings. The van der Waals surface area contributed by atoms with Crippen LogP contribution in [0.1, 0.15) is 47.2 Å². The summed E-state index contributed by atoms with van der Waals surface area (Å²) in [4.78, 5) is 0. The van der Waals surface area contributed by atoms with E-state index in [1.54, 1.807) is 0 Å². The van der Waals surface area contributed by atoms with Crippen LogP contribution in [0.3, 0.4) is 0 Å². The van der Waals surface area contributed by atoms with E-state index in [0.29, 0.717) is 24.7 Å². The molecule has 0 unspecified atom stereocenters. The third kappa shape index (κ3) is 5.77. The molecule has 0 fully saturated rings. The van der Waals surface area contributed by atoms with Crippen molar-refractivity contribution in [1.29, 1.82) is 0 Å². The van der Waals surface area contributed by atoms with E-state index in [4.69, 9.17) is 22.3 Å². The average molecular weight is 415 g/mol. The lowest BCUT2D eigenvalue weighted by Crippen LogP contribution is -2.00. The summed E-state index contributed by atoms with van der Waals surface area (Å²) in [6, 6.07) is 18.8. The maximum absolute atomic E-state index is 5.84. The Bertz CT molecular complexity index is 1190. The summed E-state index contributed by atoms with van der Waals surface area (Å²) in [5.74, 6) is 19.2. The molecule has 32 heavy (non-hydrogen) atoms. The second-order valence-corrected chi connectivity index (χ2v) is 6.65. The summed E-state index contributed by atoms with van der Waals surface area (Å²) in [5, 5.41) is 0. The molecule has 0 aliphatic carbocycles. The molecule has 0 N–H and O–H groups in total. The van der Waals surface area contributed by atoms with Gasteiger partial charge < -0.3 is 9.47 Å². The highest BCUT2D eigenvalue weighted by molar-refractivity contribution is 5.60. The molecule has 2 heteroatoms. The van der Waals surface area contributed by atoms with E-state index in [1.807, 2.05) is 74.5 Å². The van der Waals surface area contributed by atoms with Gasteiger partial charge >= 0.3 is 0 Å². The molecule has 154 valence electrons. The third-order valence-corrected chi connectivity index (χ3v) is 4.47. The van der Waals surface area contributed by atoms with Gasteiger partial charge in [0.1, 0.15) is 11.5 Å². The molecule has 0 heterocycles. The topological polar surface area (TPSA) is 18.5 Å². The van der Waals surface area contributed by atoms with E-state index in [0.717, 1.165) is 33.4 Å². The van der Waals surface area contributed by atoms with Crippen molar-refractivity contribution in [2.24, 2.45) is 0 Å². The summed E-state index contributed by atoms with van der Waals surface area (Å²) in [6.07, 6.45) is 10.8. The first-order valence-electron chi connectivity index (χ1n) is 10.3. The number of hydrogen-bond acceptors (Lipinski definition) is 2. The molecule has 3 rings (SSSR count). The minimum atomic E-state index is 0.514. The van der Waals surface area contributed by atoms with Crippen LogP contribution in [0.15, 0.2) is 60.7 Å². The van der Waals surface area contributed by atoms with Crippen molar-refractivity contribution in [2.75, 3.05) is 13.2 Å². The zero-order chi connectivity index (χ0) is 22.8. The van der Waals surface area contributed by atoms with Crippen molar-refractivity contribution in [3.8, 4) is 59.9 Å². The molecule has 0 bridgehead atoms. The first kappa shape index (κ1) is 22.2. The molecule has 0 saturated heterocycles. The van der Waals surface area contributed by atoms with E-state index in [-0.39, 0.29) is 0 Å². The zero-order valence-corrected chi connectivity index (χ0v) is 18.2. The largest absolute Gasteiger partial charge is 0.493 e. The molecular weight excluding hydrogens is 392 g/mol. The lowest BCUT2D eigenvalue weighted by molar-refractivity contribution is 0.329. The fraction of sp³-hybridized carbons (Fsp3) is 0.133. The fourth-order valence-electron chi connectivity index (χ4n) is 2.88.